The number of ether oxygens (including phenoxy) is 2. The highest BCUT2D eigenvalue weighted by molar-refractivity contribution is 5.59. The van der Waals surface area contributed by atoms with Crippen LogP contribution in [-0.2, 0) is 19.1 Å². The van der Waals surface area contributed by atoms with Gasteiger partial charge < -0.3 is 25.2 Å². The van der Waals surface area contributed by atoms with Crippen LogP contribution in [0, 0.1) is 10.1 Å². The van der Waals surface area contributed by atoms with E-state index in [0.717, 1.165) is 0 Å². The van der Waals surface area contributed by atoms with Gasteiger partial charge in [-0.3, -0.25) is 4.79 Å². The molecule has 0 spiro atoms. The van der Waals surface area contributed by atoms with E-state index in [-0.39, 0.29) is 32.3 Å². The standard InChI is InChI=1S/C9H18N2O6.CH2O2/c1-8(10)7-16-9(12)15-5-3-2-4-6-17-11(13)14;2-1-3/h8H,2-7,10H2,1H3;1H,(H,2,3). The van der Waals surface area contributed by atoms with Crippen molar-refractivity contribution in [1.82, 2.24) is 0 Å². The van der Waals surface area contributed by atoms with E-state index in [1.54, 1.807) is 6.92 Å². The summed E-state index contributed by atoms with van der Waals surface area (Å²) in [5.74, 6) is 0. The van der Waals surface area contributed by atoms with Gasteiger partial charge in [0.25, 0.3) is 11.6 Å². The minimum Gasteiger partial charge on any atom is -0.483 e. The Labute approximate surface area is 115 Å². The molecule has 0 bridgehead atoms. The van der Waals surface area contributed by atoms with Crippen molar-refractivity contribution in [2.24, 2.45) is 5.73 Å². The molecule has 0 rings (SSSR count). The van der Waals surface area contributed by atoms with E-state index in [1.165, 1.54) is 0 Å². The molecule has 20 heavy (non-hydrogen) atoms. The van der Waals surface area contributed by atoms with Crippen LogP contribution < -0.4 is 5.73 Å². The Bertz CT molecular complexity index is 272. The van der Waals surface area contributed by atoms with Crippen LogP contribution in [0.1, 0.15) is 26.2 Å². The van der Waals surface area contributed by atoms with Gasteiger partial charge in [-0.15, -0.1) is 10.1 Å². The highest BCUT2D eigenvalue weighted by Crippen LogP contribution is 1.98. The maximum atomic E-state index is 10.9. The third-order valence-corrected chi connectivity index (χ3v) is 1.67. The van der Waals surface area contributed by atoms with E-state index in [1.807, 2.05) is 0 Å². The van der Waals surface area contributed by atoms with Gasteiger partial charge in [0.2, 0.25) is 0 Å². The predicted octanol–water partition coefficient (Wildman–Crippen LogP) is 0.566. The topological polar surface area (TPSA) is 151 Å². The molecular formula is C10H20N2O8. The van der Waals surface area contributed by atoms with Crippen molar-refractivity contribution in [1.29, 1.82) is 0 Å². The Morgan fingerprint density at radius 1 is 1.35 bits per heavy atom. The highest BCUT2D eigenvalue weighted by Gasteiger charge is 2.04. The Morgan fingerprint density at radius 3 is 2.40 bits per heavy atom. The number of rotatable bonds is 9. The largest absolute Gasteiger partial charge is 0.508 e. The van der Waals surface area contributed by atoms with Crippen LogP contribution in [-0.4, -0.2) is 48.7 Å². The first-order valence-electron chi connectivity index (χ1n) is 5.84. The molecule has 0 saturated carbocycles. The average molecular weight is 296 g/mol. The molecule has 10 heteroatoms. The van der Waals surface area contributed by atoms with E-state index >= 15 is 0 Å². The van der Waals surface area contributed by atoms with Crippen LogP contribution in [0.5, 0.6) is 0 Å². The lowest BCUT2D eigenvalue weighted by atomic mass is 10.2. The maximum Gasteiger partial charge on any atom is 0.508 e. The third kappa shape index (κ3) is 21.2. The Kier molecular flexibility index (Phi) is 15.1. The molecule has 0 heterocycles. The predicted molar refractivity (Wildman–Crippen MR) is 66.4 cm³/mol. The zero-order valence-electron chi connectivity index (χ0n) is 11.2. The first-order chi connectivity index (χ1) is 9.43. The average Bonchev–Trinajstić information content (AvgIpc) is 2.35. The van der Waals surface area contributed by atoms with Crippen molar-refractivity contribution < 1.29 is 34.1 Å². The Hall–Kier alpha value is -2.10. The van der Waals surface area contributed by atoms with Crippen LogP contribution in [0.3, 0.4) is 0 Å². The molecule has 118 valence electrons. The molecule has 0 aromatic heterocycles. The number of carboxylic acid groups (broad SMARTS) is 1. The monoisotopic (exact) mass is 296 g/mol. The Balaban J connectivity index is 0. The quantitative estimate of drug-likeness (QED) is 0.204. The van der Waals surface area contributed by atoms with Crippen molar-refractivity contribution in [2.45, 2.75) is 32.2 Å². The number of carbonyl (C=O) groups is 2. The van der Waals surface area contributed by atoms with Gasteiger partial charge in [-0.05, 0) is 26.2 Å². The summed E-state index contributed by atoms with van der Waals surface area (Å²) in [7, 11) is 0. The summed E-state index contributed by atoms with van der Waals surface area (Å²) in [6, 6.07) is -0.221. The lowest BCUT2D eigenvalue weighted by Gasteiger charge is -2.07. The van der Waals surface area contributed by atoms with Gasteiger partial charge in [0, 0.05) is 6.04 Å². The molecule has 0 aliphatic rings. The molecule has 1 atom stereocenters. The van der Waals surface area contributed by atoms with E-state index in [0.29, 0.717) is 19.3 Å². The van der Waals surface area contributed by atoms with Crippen LogP contribution in [0.4, 0.5) is 4.79 Å². The maximum absolute atomic E-state index is 10.9. The third-order valence-electron chi connectivity index (χ3n) is 1.67. The molecule has 0 aliphatic heterocycles. The molecule has 0 amide bonds. The second kappa shape index (κ2) is 15.0. The van der Waals surface area contributed by atoms with Gasteiger partial charge in [0.1, 0.15) is 6.61 Å². The number of unbranched alkanes of at least 4 members (excludes halogenated alkanes) is 2. The minimum absolute atomic E-state index is 0.0577. The molecule has 0 saturated heterocycles. The van der Waals surface area contributed by atoms with E-state index in [2.05, 4.69) is 9.57 Å². The van der Waals surface area contributed by atoms with Gasteiger partial charge in [0.15, 0.2) is 0 Å². The zero-order valence-corrected chi connectivity index (χ0v) is 11.2. The van der Waals surface area contributed by atoms with Crippen LogP contribution in [0.25, 0.3) is 0 Å². The van der Waals surface area contributed by atoms with Crippen molar-refractivity contribution in [3.8, 4) is 0 Å². The molecule has 0 aromatic rings. The van der Waals surface area contributed by atoms with Gasteiger partial charge in [-0.25, -0.2) is 4.79 Å². The fourth-order valence-corrected chi connectivity index (χ4v) is 0.917. The van der Waals surface area contributed by atoms with Crippen molar-refractivity contribution in [2.75, 3.05) is 19.8 Å². The number of carbonyl (C=O) groups excluding carboxylic acids is 1. The molecular weight excluding hydrogens is 276 g/mol. The fourth-order valence-electron chi connectivity index (χ4n) is 0.917. The van der Waals surface area contributed by atoms with E-state index in [9.17, 15) is 14.9 Å². The number of hydrogen-bond acceptors (Lipinski definition) is 8. The van der Waals surface area contributed by atoms with Crippen LogP contribution in [0.2, 0.25) is 0 Å². The second-order valence-electron chi connectivity index (χ2n) is 3.61. The number of nitrogens with zero attached hydrogens (tertiary/aromatic N) is 1. The summed E-state index contributed by atoms with van der Waals surface area (Å²) in [6.07, 6.45) is 1.07. The molecule has 0 radical (unpaired) electrons. The molecule has 0 aliphatic carbocycles. The molecule has 0 fully saturated rings. The number of hydrogen-bond donors (Lipinski definition) is 2. The van der Waals surface area contributed by atoms with Crippen molar-refractivity contribution >= 4 is 12.6 Å². The van der Waals surface area contributed by atoms with Crippen LogP contribution >= 0.6 is 0 Å². The number of nitrogens with two attached hydrogens (primary N) is 1. The lowest BCUT2D eigenvalue weighted by Crippen LogP contribution is -2.24. The molecule has 0 aromatic carbocycles. The lowest BCUT2D eigenvalue weighted by molar-refractivity contribution is -0.757. The second-order valence-corrected chi connectivity index (χ2v) is 3.61. The summed E-state index contributed by atoms with van der Waals surface area (Å²) >= 11 is 0. The van der Waals surface area contributed by atoms with Gasteiger partial charge in [-0.1, -0.05) is 0 Å². The fraction of sp³-hybridized carbons (Fsp3) is 0.800. The smallest absolute Gasteiger partial charge is 0.483 e. The first kappa shape index (κ1) is 20.2. The van der Waals surface area contributed by atoms with Gasteiger partial charge >= 0.3 is 6.16 Å². The summed E-state index contributed by atoms with van der Waals surface area (Å²) < 4.78 is 9.39. The van der Waals surface area contributed by atoms with Gasteiger partial charge in [0.05, 0.1) is 13.2 Å². The summed E-state index contributed by atoms with van der Waals surface area (Å²) in [4.78, 5) is 33.2. The SMILES string of the molecule is CC(N)COC(=O)OCCCCCO[N+](=O)[O-].O=CO. The summed E-state index contributed by atoms with van der Waals surface area (Å²) in [5.41, 5.74) is 5.37. The summed E-state index contributed by atoms with van der Waals surface area (Å²) in [5, 5.41) is 15.8. The molecule has 1 unspecified atom stereocenters. The Morgan fingerprint density at radius 2 is 1.90 bits per heavy atom. The van der Waals surface area contributed by atoms with E-state index in [4.69, 9.17) is 20.4 Å². The zero-order chi connectivity index (χ0) is 15.8. The summed E-state index contributed by atoms with van der Waals surface area (Å²) in [6.45, 7) is 1.86. The van der Waals surface area contributed by atoms with E-state index < -0.39 is 11.2 Å². The molecule has 10 nitrogen and oxygen atoms in total. The molecule has 3 N–H and O–H groups in total. The van der Waals surface area contributed by atoms with Gasteiger partial charge in [-0.2, -0.15) is 0 Å². The van der Waals surface area contributed by atoms with Crippen molar-refractivity contribution in [3.63, 3.8) is 0 Å². The van der Waals surface area contributed by atoms with Crippen LogP contribution in [0.15, 0.2) is 0 Å². The highest BCUT2D eigenvalue weighted by atomic mass is 16.9. The minimum atomic E-state index is -0.831. The van der Waals surface area contributed by atoms with Crippen molar-refractivity contribution in [3.05, 3.63) is 10.1 Å². The first-order valence-corrected chi connectivity index (χ1v) is 5.84. The normalized spacial score (nSPS) is 10.5.